The molecule has 0 saturated heterocycles. The molecular formula is C18H14O8. The summed E-state index contributed by atoms with van der Waals surface area (Å²) >= 11 is 0. The average molecular weight is 358 g/mol. The van der Waals surface area contributed by atoms with Crippen LogP contribution in [0.1, 0.15) is 20.7 Å². The van der Waals surface area contributed by atoms with Crippen LogP contribution >= 0.6 is 0 Å². The molecule has 0 fully saturated rings. The first-order chi connectivity index (χ1) is 12.2. The number of Topliss-reactive ketones (excluding diaryl/α,β-unsaturated/α-hetero) is 2. The Morgan fingerprint density at radius 3 is 1.08 bits per heavy atom. The highest BCUT2D eigenvalue weighted by Gasteiger charge is 2.69. The lowest BCUT2D eigenvalue weighted by molar-refractivity contribution is -0.187. The quantitative estimate of drug-likeness (QED) is 0.410. The molecule has 0 radical (unpaired) electrons. The molecule has 2 aromatic rings. The molecule has 0 aliphatic heterocycles. The number of aliphatic carboxylic acids is 2. The first-order valence-electron chi connectivity index (χ1n) is 7.28. The standard InChI is InChI=1S/C18H14O8/c19-13(11-7-3-1-4-8-11)17(25,15(21)22)18(26,16(23)24)14(20)12-9-5-2-6-10-12/h1-10,25-26H,(H,21,22)(H,23,24)/t17-,18?/m1/s1. The molecule has 0 bridgehead atoms. The van der Waals surface area contributed by atoms with Crippen molar-refractivity contribution in [1.82, 2.24) is 0 Å². The molecule has 8 nitrogen and oxygen atoms in total. The van der Waals surface area contributed by atoms with Gasteiger partial charge in [0.05, 0.1) is 0 Å². The van der Waals surface area contributed by atoms with E-state index in [0.717, 1.165) is 24.3 Å². The fourth-order valence-corrected chi connectivity index (χ4v) is 2.43. The van der Waals surface area contributed by atoms with E-state index in [9.17, 15) is 39.6 Å². The maximum atomic E-state index is 12.6. The van der Waals surface area contributed by atoms with Crippen LogP contribution in [0.3, 0.4) is 0 Å². The number of benzene rings is 2. The first-order valence-corrected chi connectivity index (χ1v) is 7.28. The molecule has 0 saturated carbocycles. The molecule has 2 atom stereocenters. The predicted octanol–water partition coefficient (Wildman–Crippen LogP) is 0.384. The Hall–Kier alpha value is -3.36. The summed E-state index contributed by atoms with van der Waals surface area (Å²) in [6.45, 7) is 0. The first kappa shape index (κ1) is 19.0. The number of aliphatic hydroxyl groups is 2. The Bertz CT molecular complexity index is 788. The number of carbonyl (C=O) groups is 4. The lowest BCUT2D eigenvalue weighted by Crippen LogP contribution is -2.71. The smallest absolute Gasteiger partial charge is 0.348 e. The zero-order chi connectivity index (χ0) is 19.5. The van der Waals surface area contributed by atoms with Gasteiger partial charge in [-0.25, -0.2) is 9.59 Å². The van der Waals surface area contributed by atoms with E-state index in [1.54, 1.807) is 0 Å². The van der Waals surface area contributed by atoms with Crippen molar-refractivity contribution >= 4 is 23.5 Å². The molecule has 0 aromatic heterocycles. The van der Waals surface area contributed by atoms with E-state index in [0.29, 0.717) is 0 Å². The molecule has 4 N–H and O–H groups in total. The molecule has 26 heavy (non-hydrogen) atoms. The summed E-state index contributed by atoms with van der Waals surface area (Å²) in [4.78, 5) is 48.5. The SMILES string of the molecule is O=C(O)C(O)(C(=O)c1ccccc1)[C@](O)(C(=O)O)C(=O)c1ccccc1. The summed E-state index contributed by atoms with van der Waals surface area (Å²) in [5.74, 6) is -8.03. The molecule has 0 heterocycles. The molecular weight excluding hydrogens is 344 g/mol. The number of ketones is 2. The Morgan fingerprint density at radius 2 is 0.846 bits per heavy atom. The number of rotatable bonds is 7. The van der Waals surface area contributed by atoms with Crippen LogP contribution in [0.4, 0.5) is 0 Å². The largest absolute Gasteiger partial charge is 0.479 e. The fourth-order valence-electron chi connectivity index (χ4n) is 2.43. The molecule has 0 amide bonds. The summed E-state index contributed by atoms with van der Waals surface area (Å²) < 4.78 is 0. The maximum Gasteiger partial charge on any atom is 0.348 e. The highest BCUT2D eigenvalue weighted by molar-refractivity contribution is 6.28. The number of carboxylic acids is 2. The number of hydrogen-bond donors (Lipinski definition) is 4. The lowest BCUT2D eigenvalue weighted by Gasteiger charge is -2.34. The molecule has 2 rings (SSSR count). The van der Waals surface area contributed by atoms with E-state index in [-0.39, 0.29) is 0 Å². The van der Waals surface area contributed by atoms with Gasteiger partial charge < -0.3 is 20.4 Å². The summed E-state index contributed by atoms with van der Waals surface area (Å²) in [5, 5.41) is 39.9. The molecule has 8 heteroatoms. The monoisotopic (exact) mass is 358 g/mol. The lowest BCUT2D eigenvalue weighted by atomic mass is 9.73. The van der Waals surface area contributed by atoms with Gasteiger partial charge in [0.2, 0.25) is 11.6 Å². The highest BCUT2D eigenvalue weighted by Crippen LogP contribution is 2.31. The molecule has 134 valence electrons. The van der Waals surface area contributed by atoms with Crippen LogP contribution < -0.4 is 0 Å². The van der Waals surface area contributed by atoms with Crippen molar-refractivity contribution in [1.29, 1.82) is 0 Å². The van der Waals surface area contributed by atoms with Gasteiger partial charge in [-0.1, -0.05) is 60.7 Å². The van der Waals surface area contributed by atoms with E-state index < -0.39 is 45.8 Å². The van der Waals surface area contributed by atoms with Gasteiger partial charge in [-0.2, -0.15) is 0 Å². The average Bonchev–Trinajstić information content (AvgIpc) is 2.66. The van der Waals surface area contributed by atoms with E-state index in [1.807, 2.05) is 0 Å². The molecule has 2 aromatic carbocycles. The molecule has 0 spiro atoms. The van der Waals surface area contributed by atoms with Crippen LogP contribution in [0.2, 0.25) is 0 Å². The molecule has 0 aliphatic rings. The Labute approximate surface area is 147 Å². The minimum Gasteiger partial charge on any atom is -0.479 e. The number of carbonyl (C=O) groups excluding carboxylic acids is 2. The van der Waals surface area contributed by atoms with Gasteiger partial charge in [0.1, 0.15) is 0 Å². The van der Waals surface area contributed by atoms with Crippen LogP contribution in [0.25, 0.3) is 0 Å². The zero-order valence-corrected chi connectivity index (χ0v) is 13.2. The summed E-state index contributed by atoms with van der Waals surface area (Å²) in [6.07, 6.45) is 0. The normalized spacial score (nSPS) is 15.3. The zero-order valence-electron chi connectivity index (χ0n) is 13.2. The maximum absolute atomic E-state index is 12.6. The second kappa shape index (κ2) is 6.87. The summed E-state index contributed by atoms with van der Waals surface area (Å²) in [5.41, 5.74) is -8.68. The van der Waals surface area contributed by atoms with Crippen molar-refractivity contribution in [2.24, 2.45) is 0 Å². The molecule has 0 aliphatic carbocycles. The van der Waals surface area contributed by atoms with Crippen LogP contribution in [0.15, 0.2) is 60.7 Å². The second-order valence-corrected chi connectivity index (χ2v) is 5.42. The minimum absolute atomic E-state index is 0.391. The van der Waals surface area contributed by atoms with E-state index in [2.05, 4.69) is 0 Å². The highest BCUT2D eigenvalue weighted by atomic mass is 16.5. The summed E-state index contributed by atoms with van der Waals surface area (Å²) in [7, 11) is 0. The predicted molar refractivity (Wildman–Crippen MR) is 86.7 cm³/mol. The Kier molecular flexibility index (Phi) is 5.01. The van der Waals surface area contributed by atoms with Crippen molar-refractivity contribution in [2.75, 3.05) is 0 Å². The van der Waals surface area contributed by atoms with Crippen LogP contribution in [-0.4, -0.2) is 55.1 Å². The third-order valence-corrected chi connectivity index (χ3v) is 3.87. The topological polar surface area (TPSA) is 149 Å². The van der Waals surface area contributed by atoms with Gasteiger partial charge in [0.25, 0.3) is 11.2 Å². The Morgan fingerprint density at radius 1 is 0.577 bits per heavy atom. The van der Waals surface area contributed by atoms with E-state index in [1.165, 1.54) is 36.4 Å². The number of hydrogen-bond acceptors (Lipinski definition) is 6. The van der Waals surface area contributed by atoms with Crippen molar-refractivity contribution in [2.45, 2.75) is 11.2 Å². The van der Waals surface area contributed by atoms with Gasteiger partial charge in [0.15, 0.2) is 0 Å². The fraction of sp³-hybridized carbons (Fsp3) is 0.111. The Balaban J connectivity index is 2.71. The van der Waals surface area contributed by atoms with Gasteiger partial charge in [-0.3, -0.25) is 9.59 Å². The number of carboxylic acid groups (broad SMARTS) is 2. The van der Waals surface area contributed by atoms with Crippen molar-refractivity contribution in [3.63, 3.8) is 0 Å². The minimum atomic E-state index is -3.95. The van der Waals surface area contributed by atoms with Gasteiger partial charge in [-0.15, -0.1) is 0 Å². The van der Waals surface area contributed by atoms with Crippen LogP contribution in [0.5, 0.6) is 0 Å². The van der Waals surface area contributed by atoms with Crippen molar-refractivity contribution in [3.8, 4) is 0 Å². The van der Waals surface area contributed by atoms with Crippen molar-refractivity contribution < 1.29 is 39.6 Å². The van der Waals surface area contributed by atoms with Gasteiger partial charge >= 0.3 is 11.9 Å². The third kappa shape index (κ3) is 2.77. The molecule has 1 unspecified atom stereocenters. The summed E-state index contributed by atoms with van der Waals surface area (Å²) in [6, 6.07) is 12.8. The third-order valence-electron chi connectivity index (χ3n) is 3.87. The van der Waals surface area contributed by atoms with Crippen molar-refractivity contribution in [3.05, 3.63) is 71.8 Å². The second-order valence-electron chi connectivity index (χ2n) is 5.42. The van der Waals surface area contributed by atoms with E-state index in [4.69, 9.17) is 0 Å². The van der Waals surface area contributed by atoms with Crippen LogP contribution in [0, 0.1) is 0 Å². The van der Waals surface area contributed by atoms with Gasteiger partial charge in [0, 0.05) is 11.1 Å². The van der Waals surface area contributed by atoms with Gasteiger partial charge in [-0.05, 0) is 0 Å². The van der Waals surface area contributed by atoms with Crippen LogP contribution in [-0.2, 0) is 9.59 Å². The van der Waals surface area contributed by atoms with E-state index >= 15 is 0 Å².